The fourth-order valence-electron chi connectivity index (χ4n) is 4.22. The van der Waals surface area contributed by atoms with Crippen molar-refractivity contribution in [3.05, 3.63) is 11.3 Å². The molecule has 1 aliphatic heterocycles. The summed E-state index contributed by atoms with van der Waals surface area (Å²) < 4.78 is 2.11. The van der Waals surface area contributed by atoms with Gasteiger partial charge < -0.3 is 10.2 Å². The summed E-state index contributed by atoms with van der Waals surface area (Å²) in [5, 5.41) is 8.17. The lowest BCUT2D eigenvalue weighted by atomic mass is 9.91. The number of aryl methyl sites for hydroxylation is 2. The van der Waals surface area contributed by atoms with Crippen LogP contribution in [-0.4, -0.2) is 28.9 Å². The second kappa shape index (κ2) is 5.76. The van der Waals surface area contributed by atoms with Gasteiger partial charge in [0.25, 0.3) is 0 Å². The minimum atomic E-state index is 0.763. The molecule has 4 heteroatoms. The third-order valence-corrected chi connectivity index (χ3v) is 5.13. The number of rotatable bonds is 4. The van der Waals surface area contributed by atoms with Crippen LogP contribution in [0.15, 0.2) is 0 Å². The van der Waals surface area contributed by atoms with Crippen molar-refractivity contribution in [2.24, 2.45) is 13.0 Å². The third-order valence-electron chi connectivity index (χ3n) is 5.13. The Balaban J connectivity index is 1.91. The van der Waals surface area contributed by atoms with E-state index in [1.165, 1.54) is 55.7 Å². The molecule has 4 nitrogen and oxygen atoms in total. The molecular weight excluding hydrogens is 248 g/mol. The number of fused-ring (bicyclic) bond motifs is 1. The molecule has 1 aromatic rings. The van der Waals surface area contributed by atoms with Gasteiger partial charge >= 0.3 is 0 Å². The van der Waals surface area contributed by atoms with Crippen LogP contribution in [0.4, 0.5) is 5.82 Å². The Labute approximate surface area is 122 Å². The van der Waals surface area contributed by atoms with Crippen molar-refractivity contribution in [1.82, 2.24) is 15.1 Å². The van der Waals surface area contributed by atoms with E-state index in [-0.39, 0.29) is 0 Å². The zero-order chi connectivity index (χ0) is 14.1. The molecule has 1 aliphatic carbocycles. The zero-order valence-corrected chi connectivity index (χ0v) is 13.2. The number of hydrogen-bond donors (Lipinski definition) is 1. The molecule has 1 saturated heterocycles. The Kier molecular flexibility index (Phi) is 4.01. The van der Waals surface area contributed by atoms with E-state index in [9.17, 15) is 0 Å². The number of anilines is 1. The highest BCUT2D eigenvalue weighted by Gasteiger charge is 2.37. The van der Waals surface area contributed by atoms with Crippen LogP contribution in [0.2, 0.25) is 0 Å². The highest BCUT2D eigenvalue weighted by atomic mass is 15.4. The minimum Gasteiger partial charge on any atom is -0.353 e. The van der Waals surface area contributed by atoms with Crippen molar-refractivity contribution in [1.29, 1.82) is 0 Å². The highest BCUT2D eigenvalue weighted by Crippen LogP contribution is 2.40. The molecule has 3 rings (SSSR count). The summed E-state index contributed by atoms with van der Waals surface area (Å²) in [5.41, 5.74) is 2.59. The summed E-state index contributed by atoms with van der Waals surface area (Å²) in [6.07, 6.45) is 6.98. The Bertz CT molecular complexity index is 465. The summed E-state index contributed by atoms with van der Waals surface area (Å²) in [6, 6.07) is 0.763. The van der Waals surface area contributed by atoms with Crippen LogP contribution in [0.5, 0.6) is 0 Å². The number of hydrogen-bond acceptors (Lipinski definition) is 3. The Morgan fingerprint density at radius 1 is 1.25 bits per heavy atom. The fourth-order valence-corrected chi connectivity index (χ4v) is 4.22. The summed E-state index contributed by atoms with van der Waals surface area (Å²) in [6.45, 7) is 7.48. The summed E-state index contributed by atoms with van der Waals surface area (Å²) in [4.78, 5) is 2.67. The number of nitrogens with zero attached hydrogens (tertiary/aromatic N) is 3. The molecular formula is C16H28N4. The van der Waals surface area contributed by atoms with Crippen LogP contribution < -0.4 is 10.2 Å². The quantitative estimate of drug-likeness (QED) is 0.917. The summed E-state index contributed by atoms with van der Waals surface area (Å²) in [5.74, 6) is 2.30. The lowest BCUT2D eigenvalue weighted by Crippen LogP contribution is -2.44. The lowest BCUT2D eigenvalue weighted by molar-refractivity contribution is 0.357. The molecule has 2 aliphatic rings. The van der Waals surface area contributed by atoms with Crippen LogP contribution >= 0.6 is 0 Å². The van der Waals surface area contributed by atoms with Gasteiger partial charge in [0.15, 0.2) is 0 Å². The van der Waals surface area contributed by atoms with E-state index in [0.29, 0.717) is 0 Å². The van der Waals surface area contributed by atoms with Gasteiger partial charge in [-0.25, -0.2) is 0 Å². The van der Waals surface area contributed by atoms with E-state index in [4.69, 9.17) is 0 Å². The fraction of sp³-hybridized carbons (Fsp3) is 0.812. The Morgan fingerprint density at radius 2 is 2.05 bits per heavy atom. The van der Waals surface area contributed by atoms with Crippen molar-refractivity contribution < 1.29 is 0 Å². The number of aromatic nitrogens is 2. The van der Waals surface area contributed by atoms with Gasteiger partial charge in [0.1, 0.15) is 5.82 Å². The molecule has 2 unspecified atom stereocenters. The maximum atomic E-state index is 4.69. The lowest BCUT2D eigenvalue weighted by Gasteiger charge is -2.39. The minimum absolute atomic E-state index is 0.763. The van der Waals surface area contributed by atoms with E-state index >= 15 is 0 Å². The van der Waals surface area contributed by atoms with Crippen LogP contribution in [0.1, 0.15) is 50.3 Å². The Morgan fingerprint density at radius 3 is 2.85 bits per heavy atom. The molecule has 1 aromatic heterocycles. The predicted octanol–water partition coefficient (Wildman–Crippen LogP) is 2.61. The Hall–Kier alpha value is -1.03. The van der Waals surface area contributed by atoms with E-state index in [1.807, 2.05) is 0 Å². The SMILES string of the molecule is CCNCc1c(C)nn(C)c1N1CCCC2CCCC21. The number of piperidine rings is 1. The first-order chi connectivity index (χ1) is 9.72. The zero-order valence-electron chi connectivity index (χ0n) is 13.2. The summed E-state index contributed by atoms with van der Waals surface area (Å²) in [7, 11) is 2.11. The molecule has 0 bridgehead atoms. The van der Waals surface area contributed by atoms with Gasteiger partial charge in [-0.3, -0.25) is 4.68 Å². The third kappa shape index (κ3) is 2.34. The first-order valence-electron chi connectivity index (χ1n) is 8.22. The molecule has 1 saturated carbocycles. The van der Waals surface area contributed by atoms with E-state index in [1.54, 1.807) is 0 Å². The molecule has 0 aromatic carbocycles. The average Bonchev–Trinajstić information content (AvgIpc) is 3.00. The van der Waals surface area contributed by atoms with Gasteiger partial charge in [0.2, 0.25) is 0 Å². The normalized spacial score (nSPS) is 26.1. The van der Waals surface area contributed by atoms with Gasteiger partial charge in [-0.2, -0.15) is 5.10 Å². The summed E-state index contributed by atoms with van der Waals surface area (Å²) >= 11 is 0. The first kappa shape index (κ1) is 13.9. The molecule has 20 heavy (non-hydrogen) atoms. The molecule has 0 amide bonds. The topological polar surface area (TPSA) is 33.1 Å². The molecule has 2 atom stereocenters. The van der Waals surface area contributed by atoms with Crippen molar-refractivity contribution >= 4 is 5.82 Å². The molecule has 0 spiro atoms. The molecule has 1 N–H and O–H groups in total. The van der Waals surface area contributed by atoms with Crippen LogP contribution in [-0.2, 0) is 13.6 Å². The van der Waals surface area contributed by atoms with E-state index < -0.39 is 0 Å². The van der Waals surface area contributed by atoms with Gasteiger partial charge in [-0.15, -0.1) is 0 Å². The standard InChI is InChI=1S/C16H28N4/c1-4-17-11-14-12(2)18-19(3)16(14)20-10-6-8-13-7-5-9-15(13)20/h13,15,17H,4-11H2,1-3H3. The highest BCUT2D eigenvalue weighted by molar-refractivity contribution is 5.52. The van der Waals surface area contributed by atoms with Gasteiger partial charge in [-0.1, -0.05) is 13.3 Å². The van der Waals surface area contributed by atoms with Crippen LogP contribution in [0.3, 0.4) is 0 Å². The molecule has 0 radical (unpaired) electrons. The second-order valence-corrected chi connectivity index (χ2v) is 6.39. The number of nitrogens with one attached hydrogen (secondary N) is 1. The van der Waals surface area contributed by atoms with Crippen molar-refractivity contribution in [2.45, 2.75) is 58.5 Å². The molecule has 2 fully saturated rings. The van der Waals surface area contributed by atoms with Crippen molar-refractivity contribution in [3.8, 4) is 0 Å². The van der Waals surface area contributed by atoms with Gasteiger partial charge in [0, 0.05) is 31.7 Å². The van der Waals surface area contributed by atoms with Gasteiger partial charge in [-0.05, 0) is 45.1 Å². The van der Waals surface area contributed by atoms with Crippen LogP contribution in [0.25, 0.3) is 0 Å². The average molecular weight is 276 g/mol. The monoisotopic (exact) mass is 276 g/mol. The second-order valence-electron chi connectivity index (χ2n) is 6.39. The maximum Gasteiger partial charge on any atom is 0.131 e. The largest absolute Gasteiger partial charge is 0.353 e. The van der Waals surface area contributed by atoms with Crippen molar-refractivity contribution in [3.63, 3.8) is 0 Å². The first-order valence-corrected chi connectivity index (χ1v) is 8.22. The van der Waals surface area contributed by atoms with Crippen molar-refractivity contribution in [2.75, 3.05) is 18.0 Å². The van der Waals surface area contributed by atoms with Crippen LogP contribution in [0, 0.1) is 12.8 Å². The van der Waals surface area contributed by atoms with E-state index in [0.717, 1.165) is 25.0 Å². The maximum absolute atomic E-state index is 4.69. The smallest absolute Gasteiger partial charge is 0.131 e. The molecule has 2 heterocycles. The predicted molar refractivity (Wildman–Crippen MR) is 83.0 cm³/mol. The molecule has 112 valence electrons. The van der Waals surface area contributed by atoms with E-state index in [2.05, 4.69) is 40.9 Å². The van der Waals surface area contributed by atoms with Gasteiger partial charge in [0.05, 0.1) is 5.69 Å².